The minimum Gasteiger partial charge on any atom is -0.487 e. The van der Waals surface area contributed by atoms with Gasteiger partial charge in [-0.2, -0.15) is 0 Å². The molecule has 1 amide bonds. The highest BCUT2D eigenvalue weighted by Gasteiger charge is 2.17. The Morgan fingerprint density at radius 1 is 1.09 bits per heavy atom. The van der Waals surface area contributed by atoms with E-state index in [1.54, 1.807) is 0 Å². The zero-order valence-electron chi connectivity index (χ0n) is 16.0. The van der Waals surface area contributed by atoms with Gasteiger partial charge >= 0.3 is 0 Å². The third-order valence-corrected chi connectivity index (χ3v) is 3.89. The van der Waals surface area contributed by atoms with Crippen molar-refractivity contribution >= 4 is 17.3 Å². The molecule has 32 heavy (non-hydrogen) atoms. The Bertz CT molecular complexity index is 1140. The number of carbonyl (C=O) groups is 1. The standard InChI is InChI=1S/C20H14F4N2O6/c21-11-1-3-17(16(22)5-11)31-9-14-2-4-18(32-14)20(27)25-12-6-13(26(28)29)8-15(7-12)30-10-19(23)24/h1-8,19H,9-10H2,(H,25,27). The number of nitrogens with zero attached hydrogens (tertiary/aromatic N) is 1. The minimum absolute atomic E-state index is 0.0870. The monoisotopic (exact) mass is 454 g/mol. The van der Waals surface area contributed by atoms with Crippen LogP contribution in [0.15, 0.2) is 52.9 Å². The van der Waals surface area contributed by atoms with E-state index in [9.17, 15) is 32.5 Å². The van der Waals surface area contributed by atoms with E-state index in [4.69, 9.17) is 13.9 Å². The number of amides is 1. The summed E-state index contributed by atoms with van der Waals surface area (Å²) in [5.74, 6) is -3.00. The van der Waals surface area contributed by atoms with Crippen molar-refractivity contribution in [1.82, 2.24) is 0 Å². The number of carbonyl (C=O) groups excluding carboxylic acids is 1. The molecule has 0 aliphatic heterocycles. The Balaban J connectivity index is 1.68. The fourth-order valence-corrected chi connectivity index (χ4v) is 2.51. The molecule has 0 aliphatic rings. The minimum atomic E-state index is -2.79. The normalized spacial score (nSPS) is 10.8. The van der Waals surface area contributed by atoms with Crippen molar-refractivity contribution in [2.24, 2.45) is 0 Å². The molecule has 12 heteroatoms. The van der Waals surface area contributed by atoms with Gasteiger partial charge in [0.15, 0.2) is 17.3 Å². The first kappa shape index (κ1) is 22.6. The van der Waals surface area contributed by atoms with E-state index in [0.29, 0.717) is 6.07 Å². The number of hydrogen-bond donors (Lipinski definition) is 1. The van der Waals surface area contributed by atoms with Crippen molar-refractivity contribution in [3.63, 3.8) is 0 Å². The van der Waals surface area contributed by atoms with Gasteiger partial charge in [-0.05, 0) is 24.3 Å². The van der Waals surface area contributed by atoms with Crippen molar-refractivity contribution in [2.75, 3.05) is 11.9 Å². The first-order chi connectivity index (χ1) is 15.2. The third kappa shape index (κ3) is 5.97. The van der Waals surface area contributed by atoms with Crippen molar-refractivity contribution in [3.05, 3.63) is 81.8 Å². The maximum Gasteiger partial charge on any atom is 0.291 e. The van der Waals surface area contributed by atoms with E-state index < -0.39 is 41.2 Å². The second-order valence-electron chi connectivity index (χ2n) is 6.26. The fourth-order valence-electron chi connectivity index (χ4n) is 2.51. The molecular weight excluding hydrogens is 440 g/mol. The summed E-state index contributed by atoms with van der Waals surface area (Å²) >= 11 is 0. The average molecular weight is 454 g/mol. The van der Waals surface area contributed by atoms with Gasteiger partial charge in [0, 0.05) is 18.2 Å². The number of nitro benzene ring substituents is 1. The van der Waals surface area contributed by atoms with Crippen molar-refractivity contribution in [3.8, 4) is 11.5 Å². The second kappa shape index (κ2) is 9.81. The molecule has 1 heterocycles. The number of alkyl halides is 2. The van der Waals surface area contributed by atoms with E-state index >= 15 is 0 Å². The molecule has 0 unspecified atom stereocenters. The van der Waals surface area contributed by atoms with Crippen LogP contribution in [0.5, 0.6) is 11.5 Å². The zero-order chi connectivity index (χ0) is 23.3. The quantitative estimate of drug-likeness (QED) is 0.279. The van der Waals surface area contributed by atoms with Crippen molar-refractivity contribution in [2.45, 2.75) is 13.0 Å². The molecule has 168 valence electrons. The maximum absolute atomic E-state index is 13.6. The van der Waals surface area contributed by atoms with Gasteiger partial charge in [-0.15, -0.1) is 0 Å². The predicted octanol–water partition coefficient (Wildman–Crippen LogP) is 4.94. The number of nitrogens with one attached hydrogen (secondary N) is 1. The summed E-state index contributed by atoms with van der Waals surface area (Å²) in [6, 6.07) is 8.50. The largest absolute Gasteiger partial charge is 0.487 e. The molecule has 1 N–H and O–H groups in total. The van der Waals surface area contributed by atoms with Crippen LogP contribution >= 0.6 is 0 Å². The van der Waals surface area contributed by atoms with Crippen LogP contribution in [0.3, 0.4) is 0 Å². The van der Waals surface area contributed by atoms with Crippen LogP contribution in [0.1, 0.15) is 16.3 Å². The number of furan rings is 1. The highest BCUT2D eigenvalue weighted by atomic mass is 19.3. The molecule has 1 aromatic heterocycles. The summed E-state index contributed by atoms with van der Waals surface area (Å²) in [6.07, 6.45) is -2.79. The number of non-ortho nitro benzene ring substituents is 1. The van der Waals surface area contributed by atoms with Gasteiger partial charge in [-0.1, -0.05) is 0 Å². The van der Waals surface area contributed by atoms with Crippen molar-refractivity contribution < 1.29 is 41.2 Å². The number of benzene rings is 2. The molecular formula is C20H14F4N2O6. The number of rotatable bonds is 9. The summed E-state index contributed by atoms with van der Waals surface area (Å²) in [7, 11) is 0. The van der Waals surface area contributed by atoms with Gasteiger partial charge in [0.25, 0.3) is 18.0 Å². The van der Waals surface area contributed by atoms with Gasteiger partial charge in [-0.3, -0.25) is 14.9 Å². The molecule has 0 spiro atoms. The summed E-state index contributed by atoms with van der Waals surface area (Å²) in [5.41, 5.74) is -0.571. The summed E-state index contributed by atoms with van der Waals surface area (Å²) in [6.45, 7) is -1.25. The zero-order valence-corrected chi connectivity index (χ0v) is 16.0. The molecule has 0 fully saturated rings. The Hall–Kier alpha value is -4.09. The molecule has 3 rings (SSSR count). The van der Waals surface area contributed by atoms with Crippen molar-refractivity contribution in [1.29, 1.82) is 0 Å². The third-order valence-electron chi connectivity index (χ3n) is 3.89. The highest BCUT2D eigenvalue weighted by molar-refractivity contribution is 6.02. The molecule has 2 aromatic carbocycles. The Labute approximate surface area is 177 Å². The lowest BCUT2D eigenvalue weighted by molar-refractivity contribution is -0.384. The first-order valence-electron chi connectivity index (χ1n) is 8.89. The predicted molar refractivity (Wildman–Crippen MR) is 102 cm³/mol. The lowest BCUT2D eigenvalue weighted by atomic mass is 10.2. The Kier molecular flexibility index (Phi) is 6.93. The van der Waals surface area contributed by atoms with Crippen LogP contribution in [-0.4, -0.2) is 23.9 Å². The SMILES string of the molecule is O=C(Nc1cc(OCC(F)F)cc([N+](=O)[O-])c1)c1ccc(COc2ccc(F)cc2F)o1. The van der Waals surface area contributed by atoms with E-state index in [1.807, 2.05) is 0 Å². The molecule has 0 atom stereocenters. The number of anilines is 1. The summed E-state index contributed by atoms with van der Waals surface area (Å²) in [5, 5.41) is 13.4. The molecule has 0 radical (unpaired) electrons. The lowest BCUT2D eigenvalue weighted by Crippen LogP contribution is -2.12. The van der Waals surface area contributed by atoms with Crippen LogP contribution in [0, 0.1) is 21.7 Å². The number of ether oxygens (including phenoxy) is 2. The van der Waals surface area contributed by atoms with Crippen LogP contribution in [0.4, 0.5) is 28.9 Å². The molecule has 8 nitrogen and oxygen atoms in total. The van der Waals surface area contributed by atoms with Crippen LogP contribution in [-0.2, 0) is 6.61 Å². The first-order valence-corrected chi connectivity index (χ1v) is 8.89. The van der Waals surface area contributed by atoms with Gasteiger partial charge in [-0.25, -0.2) is 17.6 Å². The van der Waals surface area contributed by atoms with Gasteiger partial charge in [0.2, 0.25) is 0 Å². The van der Waals surface area contributed by atoms with Gasteiger partial charge in [0.05, 0.1) is 16.7 Å². The van der Waals surface area contributed by atoms with Crippen LogP contribution < -0.4 is 14.8 Å². The fraction of sp³-hybridized carbons (Fsp3) is 0.150. The average Bonchev–Trinajstić information content (AvgIpc) is 3.20. The Morgan fingerprint density at radius 3 is 2.56 bits per heavy atom. The van der Waals surface area contributed by atoms with E-state index in [0.717, 1.165) is 30.3 Å². The van der Waals surface area contributed by atoms with E-state index in [1.165, 1.54) is 12.1 Å². The van der Waals surface area contributed by atoms with Gasteiger partial charge < -0.3 is 19.2 Å². The van der Waals surface area contributed by atoms with Gasteiger partial charge in [0.1, 0.15) is 30.5 Å². The number of hydrogen-bond acceptors (Lipinski definition) is 6. The second-order valence-corrected chi connectivity index (χ2v) is 6.26. The van der Waals surface area contributed by atoms with Crippen LogP contribution in [0.2, 0.25) is 0 Å². The van der Waals surface area contributed by atoms with E-state index in [2.05, 4.69) is 5.32 Å². The summed E-state index contributed by atoms with van der Waals surface area (Å²) in [4.78, 5) is 22.6. The summed E-state index contributed by atoms with van der Waals surface area (Å²) < 4.78 is 66.4. The topological polar surface area (TPSA) is 104 Å². The van der Waals surface area contributed by atoms with Crippen LogP contribution in [0.25, 0.3) is 0 Å². The lowest BCUT2D eigenvalue weighted by Gasteiger charge is -2.09. The molecule has 3 aromatic rings. The highest BCUT2D eigenvalue weighted by Crippen LogP contribution is 2.27. The Morgan fingerprint density at radius 2 is 1.88 bits per heavy atom. The number of nitro groups is 1. The molecule has 0 aliphatic carbocycles. The number of halogens is 4. The smallest absolute Gasteiger partial charge is 0.291 e. The molecule has 0 saturated carbocycles. The van der Waals surface area contributed by atoms with E-state index in [-0.39, 0.29) is 35.3 Å². The molecule has 0 bridgehead atoms. The maximum atomic E-state index is 13.6. The molecule has 0 saturated heterocycles.